The van der Waals surface area contributed by atoms with Crippen molar-refractivity contribution in [3.63, 3.8) is 0 Å². The Kier molecular flexibility index (Phi) is 5.31. The fourth-order valence-corrected chi connectivity index (χ4v) is 0.580. The summed E-state index contributed by atoms with van der Waals surface area (Å²) < 4.78 is 9.04. The zero-order chi connectivity index (χ0) is 11.1. The quantitative estimate of drug-likeness (QED) is 0.466. The Hall–Kier alpha value is -1.56. The van der Waals surface area contributed by atoms with Crippen LogP contribution >= 0.6 is 0 Å². The van der Waals surface area contributed by atoms with E-state index >= 15 is 0 Å². The van der Waals surface area contributed by atoms with E-state index in [1.54, 1.807) is 0 Å². The minimum absolute atomic E-state index is 0.223. The predicted molar refractivity (Wildman–Crippen MR) is 47.3 cm³/mol. The maximum absolute atomic E-state index is 10.9. The second-order valence-electron chi connectivity index (χ2n) is 2.62. The van der Waals surface area contributed by atoms with Crippen molar-refractivity contribution in [2.24, 2.45) is 5.73 Å². The molecule has 0 saturated heterocycles. The molecule has 6 nitrogen and oxygen atoms in total. The van der Waals surface area contributed by atoms with Crippen LogP contribution in [-0.4, -0.2) is 36.5 Å². The van der Waals surface area contributed by atoms with E-state index in [2.05, 4.69) is 16.1 Å². The van der Waals surface area contributed by atoms with Gasteiger partial charge in [0.15, 0.2) is 6.10 Å². The number of hydrogen-bond acceptors (Lipinski definition) is 5. The number of carbonyl (C=O) groups is 2. The Bertz CT molecular complexity index is 238. The highest BCUT2D eigenvalue weighted by atomic mass is 16.6. The van der Waals surface area contributed by atoms with Crippen molar-refractivity contribution in [1.82, 2.24) is 0 Å². The fourth-order valence-electron chi connectivity index (χ4n) is 0.580. The molecule has 1 atom stereocenters. The number of hydrogen-bond donors (Lipinski definition) is 2. The van der Waals surface area contributed by atoms with Crippen LogP contribution in [0.2, 0.25) is 0 Å². The predicted octanol–water partition coefficient (Wildman–Crippen LogP) is -0.438. The third-order valence-corrected chi connectivity index (χ3v) is 1.24. The van der Waals surface area contributed by atoms with Crippen molar-refractivity contribution in [2.75, 3.05) is 13.2 Å². The molecule has 0 aliphatic rings. The van der Waals surface area contributed by atoms with Gasteiger partial charge in [-0.05, 0) is 6.92 Å². The molecule has 14 heavy (non-hydrogen) atoms. The van der Waals surface area contributed by atoms with Crippen LogP contribution in [0, 0.1) is 0 Å². The third kappa shape index (κ3) is 5.15. The lowest BCUT2D eigenvalue weighted by Crippen LogP contribution is -2.30. The molecule has 0 aliphatic carbocycles. The molecule has 0 bridgehead atoms. The van der Waals surface area contributed by atoms with E-state index in [-0.39, 0.29) is 12.2 Å². The summed E-state index contributed by atoms with van der Waals surface area (Å²) in [7, 11) is 0. The summed E-state index contributed by atoms with van der Waals surface area (Å²) in [6, 6.07) is 0. The normalized spacial score (nSPS) is 11.6. The Morgan fingerprint density at radius 1 is 1.57 bits per heavy atom. The Morgan fingerprint density at radius 2 is 2.14 bits per heavy atom. The number of rotatable bonds is 5. The van der Waals surface area contributed by atoms with Crippen molar-refractivity contribution in [3.8, 4) is 0 Å². The van der Waals surface area contributed by atoms with Gasteiger partial charge in [-0.2, -0.15) is 0 Å². The third-order valence-electron chi connectivity index (χ3n) is 1.24. The van der Waals surface area contributed by atoms with E-state index in [4.69, 9.17) is 10.8 Å². The van der Waals surface area contributed by atoms with Crippen LogP contribution in [0.15, 0.2) is 12.2 Å². The molecule has 0 aromatic carbocycles. The van der Waals surface area contributed by atoms with Gasteiger partial charge in [0, 0.05) is 5.57 Å². The topological polar surface area (TPSA) is 98.8 Å². The first-order chi connectivity index (χ1) is 6.47. The molecule has 6 heteroatoms. The monoisotopic (exact) mass is 203 g/mol. The first-order valence-electron chi connectivity index (χ1n) is 3.87. The lowest BCUT2D eigenvalue weighted by Gasteiger charge is -2.13. The number of ether oxygens (including phenoxy) is 2. The van der Waals surface area contributed by atoms with Gasteiger partial charge in [0.2, 0.25) is 0 Å². The van der Waals surface area contributed by atoms with Crippen LogP contribution in [0.5, 0.6) is 0 Å². The number of aliphatic hydroxyl groups is 1. The van der Waals surface area contributed by atoms with Crippen LogP contribution in [0.4, 0.5) is 4.79 Å². The second kappa shape index (κ2) is 5.98. The summed E-state index contributed by atoms with van der Waals surface area (Å²) in [5.74, 6) is -0.614. The maximum atomic E-state index is 10.9. The molecule has 0 aliphatic heterocycles. The largest absolute Gasteiger partial charge is 0.458 e. The highest BCUT2D eigenvalue weighted by Crippen LogP contribution is 1.97. The average molecular weight is 203 g/mol. The first-order valence-corrected chi connectivity index (χ1v) is 3.87. The zero-order valence-corrected chi connectivity index (χ0v) is 7.86. The van der Waals surface area contributed by atoms with Crippen molar-refractivity contribution in [2.45, 2.75) is 13.0 Å². The second-order valence-corrected chi connectivity index (χ2v) is 2.62. The standard InChI is InChI=1S/C8H13NO5/c1-5(2)7(11)13-4-6(3-10)14-8(9)12/h6,10H,1,3-4H2,2H3,(H2,9,12). The molecule has 0 heterocycles. The smallest absolute Gasteiger partial charge is 0.404 e. The molecular formula is C8H13NO5. The van der Waals surface area contributed by atoms with Gasteiger partial charge in [0.25, 0.3) is 0 Å². The highest BCUT2D eigenvalue weighted by Gasteiger charge is 2.14. The van der Waals surface area contributed by atoms with Crippen LogP contribution in [0.3, 0.4) is 0 Å². The van der Waals surface area contributed by atoms with Crippen LogP contribution in [0.25, 0.3) is 0 Å². The number of nitrogens with two attached hydrogens (primary N) is 1. The molecule has 0 aromatic heterocycles. The highest BCUT2D eigenvalue weighted by molar-refractivity contribution is 5.86. The van der Waals surface area contributed by atoms with Gasteiger partial charge in [0.1, 0.15) is 6.61 Å². The van der Waals surface area contributed by atoms with Crippen LogP contribution < -0.4 is 5.73 Å². The minimum Gasteiger partial charge on any atom is -0.458 e. The Balaban J connectivity index is 3.89. The van der Waals surface area contributed by atoms with E-state index in [1.807, 2.05) is 0 Å². The maximum Gasteiger partial charge on any atom is 0.404 e. The fraction of sp³-hybridized carbons (Fsp3) is 0.500. The van der Waals surface area contributed by atoms with Gasteiger partial charge in [-0.15, -0.1) is 0 Å². The Labute approximate surface area is 81.3 Å². The lowest BCUT2D eigenvalue weighted by atomic mass is 10.3. The average Bonchev–Trinajstić information content (AvgIpc) is 2.10. The van der Waals surface area contributed by atoms with Gasteiger partial charge in [-0.25, -0.2) is 9.59 Å². The molecule has 0 aromatic rings. The van der Waals surface area contributed by atoms with Gasteiger partial charge in [-0.3, -0.25) is 0 Å². The van der Waals surface area contributed by atoms with Gasteiger partial charge >= 0.3 is 12.1 Å². The molecule has 80 valence electrons. The summed E-state index contributed by atoms with van der Waals surface area (Å²) in [6.07, 6.45) is -1.97. The molecular weight excluding hydrogens is 190 g/mol. The summed E-state index contributed by atoms with van der Waals surface area (Å²) in [5, 5.41) is 8.68. The van der Waals surface area contributed by atoms with Gasteiger partial charge in [0.05, 0.1) is 6.61 Å². The molecule has 0 fully saturated rings. The van der Waals surface area contributed by atoms with Crippen molar-refractivity contribution < 1.29 is 24.2 Å². The molecule has 0 saturated carbocycles. The minimum atomic E-state index is -1.03. The van der Waals surface area contributed by atoms with Crippen LogP contribution in [0.1, 0.15) is 6.92 Å². The number of aliphatic hydroxyl groups excluding tert-OH is 1. The van der Waals surface area contributed by atoms with E-state index in [0.29, 0.717) is 0 Å². The molecule has 0 rings (SSSR count). The first kappa shape index (κ1) is 12.4. The number of esters is 1. The van der Waals surface area contributed by atoms with E-state index in [0.717, 1.165) is 0 Å². The molecule has 1 amide bonds. The van der Waals surface area contributed by atoms with Gasteiger partial charge < -0.3 is 20.3 Å². The van der Waals surface area contributed by atoms with Gasteiger partial charge in [-0.1, -0.05) is 6.58 Å². The number of amides is 1. The zero-order valence-electron chi connectivity index (χ0n) is 7.86. The SMILES string of the molecule is C=C(C)C(=O)OCC(CO)OC(N)=O. The van der Waals surface area contributed by atoms with E-state index < -0.39 is 24.8 Å². The van der Waals surface area contributed by atoms with E-state index in [9.17, 15) is 9.59 Å². The summed E-state index contributed by atoms with van der Waals surface area (Å²) in [4.78, 5) is 21.2. The Morgan fingerprint density at radius 3 is 2.50 bits per heavy atom. The lowest BCUT2D eigenvalue weighted by molar-refractivity contribution is -0.142. The van der Waals surface area contributed by atoms with E-state index in [1.165, 1.54) is 6.92 Å². The summed E-state index contributed by atoms with van der Waals surface area (Å²) in [6.45, 7) is 4.12. The van der Waals surface area contributed by atoms with Crippen molar-refractivity contribution in [1.29, 1.82) is 0 Å². The van der Waals surface area contributed by atoms with Crippen LogP contribution in [-0.2, 0) is 14.3 Å². The number of carbonyl (C=O) groups excluding carboxylic acids is 2. The summed E-state index contributed by atoms with van der Waals surface area (Å²) in [5.41, 5.74) is 4.93. The van der Waals surface area contributed by atoms with Crippen molar-refractivity contribution >= 4 is 12.1 Å². The molecule has 1 unspecified atom stereocenters. The molecule has 0 radical (unpaired) electrons. The summed E-state index contributed by atoms with van der Waals surface area (Å²) >= 11 is 0. The number of primary amides is 1. The van der Waals surface area contributed by atoms with Crippen molar-refractivity contribution in [3.05, 3.63) is 12.2 Å². The molecule has 0 spiro atoms. The molecule has 3 N–H and O–H groups in total.